The Morgan fingerprint density at radius 1 is 1.52 bits per heavy atom. The van der Waals surface area contributed by atoms with E-state index in [-0.39, 0.29) is 12.6 Å². The summed E-state index contributed by atoms with van der Waals surface area (Å²) in [5, 5.41) is 18.6. The van der Waals surface area contributed by atoms with Crippen LogP contribution in [0.3, 0.4) is 0 Å². The van der Waals surface area contributed by atoms with Crippen LogP contribution in [0.5, 0.6) is 0 Å². The second kappa shape index (κ2) is 6.13. The molecule has 0 fully saturated rings. The molecule has 2 aromatic heterocycles. The third-order valence-corrected chi connectivity index (χ3v) is 4.94. The average Bonchev–Trinajstić information content (AvgIpc) is 3.09. The predicted octanol–water partition coefficient (Wildman–Crippen LogP) is 1.35. The summed E-state index contributed by atoms with van der Waals surface area (Å²) in [4.78, 5) is 17.5. The van der Waals surface area contributed by atoms with Crippen molar-refractivity contribution in [2.75, 3.05) is 11.9 Å². The van der Waals surface area contributed by atoms with Crippen molar-refractivity contribution in [1.82, 2.24) is 14.8 Å². The molecule has 0 aliphatic carbocycles. The molecule has 7 nitrogen and oxygen atoms in total. The van der Waals surface area contributed by atoms with E-state index in [2.05, 4.69) is 15.4 Å². The van der Waals surface area contributed by atoms with Gasteiger partial charge in [-0.3, -0.25) is 4.79 Å². The standard InChI is InChI=1S/C15H19N5O2S/c1-8-5-7-23-13(8)12-11(14(16)22)9(2)17-15-18-10(4-3-6-21)19-20(12)15/h5,7,12,21H,3-4,6H2,1-2H3,(H2,16,22)(H,17,18,19). The van der Waals surface area contributed by atoms with Crippen molar-refractivity contribution in [3.63, 3.8) is 0 Å². The van der Waals surface area contributed by atoms with Crippen molar-refractivity contribution in [1.29, 1.82) is 0 Å². The molecule has 0 aromatic carbocycles. The van der Waals surface area contributed by atoms with Gasteiger partial charge in [0.1, 0.15) is 6.04 Å². The van der Waals surface area contributed by atoms with Crippen molar-refractivity contribution in [2.45, 2.75) is 32.7 Å². The van der Waals surface area contributed by atoms with Gasteiger partial charge in [0.2, 0.25) is 11.9 Å². The minimum atomic E-state index is -0.467. The van der Waals surface area contributed by atoms with E-state index >= 15 is 0 Å². The van der Waals surface area contributed by atoms with Gasteiger partial charge in [-0.25, -0.2) is 4.68 Å². The molecule has 1 aliphatic rings. The topological polar surface area (TPSA) is 106 Å². The number of thiophene rings is 1. The zero-order valence-corrected chi connectivity index (χ0v) is 13.9. The van der Waals surface area contributed by atoms with Gasteiger partial charge in [0.05, 0.1) is 5.57 Å². The Labute approximate surface area is 137 Å². The van der Waals surface area contributed by atoms with E-state index in [1.165, 1.54) is 0 Å². The number of aromatic nitrogens is 3. The molecule has 0 spiro atoms. The number of hydrogen-bond acceptors (Lipinski definition) is 6. The van der Waals surface area contributed by atoms with Crippen LogP contribution in [-0.4, -0.2) is 32.4 Å². The van der Waals surface area contributed by atoms with Gasteiger partial charge in [-0.15, -0.1) is 11.3 Å². The SMILES string of the molecule is CC1=C(C(N)=O)C(c2sccc2C)n2nc(CCCO)nc2N1. The molecule has 4 N–H and O–H groups in total. The molecule has 1 atom stereocenters. The van der Waals surface area contributed by atoms with Gasteiger partial charge in [-0.2, -0.15) is 10.1 Å². The summed E-state index contributed by atoms with van der Waals surface area (Å²) >= 11 is 1.57. The highest BCUT2D eigenvalue weighted by atomic mass is 32.1. The number of nitrogens with zero attached hydrogens (tertiary/aromatic N) is 3. The van der Waals surface area contributed by atoms with Crippen molar-refractivity contribution in [3.8, 4) is 0 Å². The number of fused-ring (bicyclic) bond motifs is 1. The van der Waals surface area contributed by atoms with E-state index in [9.17, 15) is 4.79 Å². The molecule has 8 heteroatoms. The number of carbonyl (C=O) groups is 1. The van der Waals surface area contributed by atoms with Crippen molar-refractivity contribution < 1.29 is 9.90 Å². The summed E-state index contributed by atoms with van der Waals surface area (Å²) in [7, 11) is 0. The second-order valence-electron chi connectivity index (χ2n) is 5.52. The van der Waals surface area contributed by atoms with E-state index in [4.69, 9.17) is 10.8 Å². The van der Waals surface area contributed by atoms with Crippen molar-refractivity contribution in [3.05, 3.63) is 39.0 Å². The number of nitrogens with one attached hydrogen (secondary N) is 1. The molecule has 1 aliphatic heterocycles. The number of aliphatic hydroxyl groups is 1. The molecule has 3 heterocycles. The first-order valence-electron chi connectivity index (χ1n) is 7.40. The smallest absolute Gasteiger partial charge is 0.248 e. The lowest BCUT2D eigenvalue weighted by Gasteiger charge is -2.27. The van der Waals surface area contributed by atoms with E-state index in [1.807, 2.05) is 25.3 Å². The highest BCUT2D eigenvalue weighted by Gasteiger charge is 2.34. The number of allylic oxidation sites excluding steroid dienone is 1. The Morgan fingerprint density at radius 3 is 2.91 bits per heavy atom. The molecular formula is C15H19N5O2S. The van der Waals surface area contributed by atoms with Gasteiger partial charge in [-0.1, -0.05) is 0 Å². The molecule has 0 radical (unpaired) electrons. The zero-order valence-electron chi connectivity index (χ0n) is 13.0. The van der Waals surface area contributed by atoms with Crippen LogP contribution in [0.2, 0.25) is 0 Å². The summed E-state index contributed by atoms with van der Waals surface area (Å²) in [6.45, 7) is 3.92. The highest BCUT2D eigenvalue weighted by molar-refractivity contribution is 7.10. The maximum atomic E-state index is 12.0. The van der Waals surface area contributed by atoms with Crippen molar-refractivity contribution in [2.24, 2.45) is 5.73 Å². The molecule has 0 saturated carbocycles. The molecule has 3 rings (SSSR count). The Balaban J connectivity index is 2.11. The van der Waals surface area contributed by atoms with Crippen LogP contribution in [0.4, 0.5) is 5.95 Å². The lowest BCUT2D eigenvalue weighted by Crippen LogP contribution is -2.31. The van der Waals surface area contributed by atoms with Crippen LogP contribution >= 0.6 is 11.3 Å². The van der Waals surface area contributed by atoms with Gasteiger partial charge in [0.25, 0.3) is 0 Å². The van der Waals surface area contributed by atoms with Gasteiger partial charge in [-0.05, 0) is 37.3 Å². The lowest BCUT2D eigenvalue weighted by molar-refractivity contribution is -0.115. The van der Waals surface area contributed by atoms with E-state index in [0.29, 0.717) is 35.9 Å². The highest BCUT2D eigenvalue weighted by Crippen LogP contribution is 2.38. The van der Waals surface area contributed by atoms with Gasteiger partial charge in [0.15, 0.2) is 5.82 Å². The van der Waals surface area contributed by atoms with Crippen LogP contribution in [0, 0.1) is 6.92 Å². The van der Waals surface area contributed by atoms with Crippen LogP contribution in [0.25, 0.3) is 0 Å². The number of aliphatic hydroxyl groups excluding tert-OH is 1. The number of rotatable bonds is 5. The van der Waals surface area contributed by atoms with Gasteiger partial charge < -0.3 is 16.2 Å². The minimum Gasteiger partial charge on any atom is -0.396 e. The largest absolute Gasteiger partial charge is 0.396 e. The van der Waals surface area contributed by atoms with Gasteiger partial charge >= 0.3 is 0 Å². The third-order valence-electron chi connectivity index (χ3n) is 3.87. The molecule has 23 heavy (non-hydrogen) atoms. The van der Waals surface area contributed by atoms with Crippen LogP contribution in [0.1, 0.15) is 35.7 Å². The lowest BCUT2D eigenvalue weighted by atomic mass is 9.99. The van der Waals surface area contributed by atoms with E-state index < -0.39 is 5.91 Å². The Bertz CT molecular complexity index is 777. The molecule has 1 unspecified atom stereocenters. The van der Waals surface area contributed by atoms with Gasteiger partial charge in [0, 0.05) is 23.6 Å². The zero-order chi connectivity index (χ0) is 16.6. The maximum absolute atomic E-state index is 12.0. The molecule has 122 valence electrons. The molecule has 2 aromatic rings. The predicted molar refractivity (Wildman–Crippen MR) is 88.1 cm³/mol. The summed E-state index contributed by atoms with van der Waals surface area (Å²) in [5.74, 6) is 0.767. The summed E-state index contributed by atoms with van der Waals surface area (Å²) < 4.78 is 1.72. The average molecular weight is 333 g/mol. The van der Waals surface area contributed by atoms with Crippen molar-refractivity contribution >= 4 is 23.2 Å². The molecule has 1 amide bonds. The fourth-order valence-electron chi connectivity index (χ4n) is 2.76. The quantitative estimate of drug-likeness (QED) is 0.766. The Morgan fingerprint density at radius 2 is 2.30 bits per heavy atom. The number of amides is 1. The van der Waals surface area contributed by atoms with Crippen LogP contribution in [0.15, 0.2) is 22.7 Å². The molecule has 0 bridgehead atoms. The molecular weight excluding hydrogens is 314 g/mol. The minimum absolute atomic E-state index is 0.0918. The molecule has 0 saturated heterocycles. The number of aryl methyl sites for hydroxylation is 2. The van der Waals surface area contributed by atoms with E-state index in [1.54, 1.807) is 16.0 Å². The number of hydrogen-bond donors (Lipinski definition) is 3. The Hall–Kier alpha value is -2.19. The first kappa shape index (κ1) is 15.7. The number of nitrogens with two attached hydrogens (primary N) is 1. The fourth-order valence-corrected chi connectivity index (χ4v) is 3.78. The summed E-state index contributed by atoms with van der Waals surface area (Å²) in [6.07, 6.45) is 1.18. The Kier molecular flexibility index (Phi) is 4.18. The normalized spacial score (nSPS) is 17.1. The summed E-state index contributed by atoms with van der Waals surface area (Å²) in [6, 6.07) is 1.65. The van der Waals surface area contributed by atoms with Crippen LogP contribution < -0.4 is 11.1 Å². The first-order chi connectivity index (χ1) is 11.0. The monoisotopic (exact) mass is 333 g/mol. The number of anilines is 1. The van der Waals surface area contributed by atoms with Crippen LogP contribution in [-0.2, 0) is 11.2 Å². The van der Waals surface area contributed by atoms with E-state index in [0.717, 1.165) is 10.4 Å². The maximum Gasteiger partial charge on any atom is 0.248 e. The summed E-state index contributed by atoms with van der Waals surface area (Å²) in [5.41, 5.74) is 7.91. The second-order valence-corrected chi connectivity index (χ2v) is 6.47. The fraction of sp³-hybridized carbons (Fsp3) is 0.400. The first-order valence-corrected chi connectivity index (χ1v) is 8.28. The number of carbonyl (C=O) groups excluding carboxylic acids is 1. The number of primary amides is 1. The third kappa shape index (κ3) is 2.75.